The molecule has 0 aliphatic heterocycles. The van der Waals surface area contributed by atoms with Gasteiger partial charge in [0, 0.05) is 37.1 Å². The van der Waals surface area contributed by atoms with Crippen LogP contribution in [0.5, 0.6) is 0 Å². The Morgan fingerprint density at radius 1 is 0.283 bits per heavy atom. The third-order valence-corrected chi connectivity index (χ3v) is 12.9. The smallest absolute Gasteiger partial charge is 0.0540 e. The van der Waals surface area contributed by atoms with E-state index in [1.807, 2.05) is 11.3 Å². The average molecular weight is 782 g/mol. The monoisotopic (exact) mass is 781 g/mol. The van der Waals surface area contributed by atoms with Gasteiger partial charge in [-0.2, -0.15) is 0 Å². The first-order chi connectivity index (χ1) is 29.7. The van der Waals surface area contributed by atoms with Crippen molar-refractivity contribution in [3.8, 4) is 55.6 Å². The van der Waals surface area contributed by atoms with Crippen molar-refractivity contribution < 1.29 is 0 Å². The maximum absolute atomic E-state index is 2.39. The lowest BCUT2D eigenvalue weighted by molar-refractivity contribution is 1.28. The Morgan fingerprint density at radius 2 is 0.767 bits per heavy atom. The summed E-state index contributed by atoms with van der Waals surface area (Å²) in [5, 5.41) is 5.16. The van der Waals surface area contributed by atoms with Crippen LogP contribution in [0.1, 0.15) is 0 Å². The van der Waals surface area contributed by atoms with Crippen LogP contribution in [0.2, 0.25) is 0 Å². The molecule has 0 N–H and O–H groups in total. The van der Waals surface area contributed by atoms with Crippen molar-refractivity contribution >= 4 is 59.3 Å². The Bertz CT molecular complexity index is 3290. The Kier molecular flexibility index (Phi) is 9.11. The van der Waals surface area contributed by atoms with Gasteiger partial charge in [-0.1, -0.05) is 188 Å². The number of hydrogen-bond donors (Lipinski definition) is 0. The second-order valence-electron chi connectivity index (χ2n) is 15.3. The Labute approximate surface area is 354 Å². The lowest BCUT2D eigenvalue weighted by atomic mass is 9.96. The van der Waals surface area contributed by atoms with E-state index in [0.717, 1.165) is 17.1 Å². The highest BCUT2D eigenvalue weighted by atomic mass is 32.1. The topological polar surface area (TPSA) is 3.24 Å². The third-order valence-electron chi connectivity index (χ3n) is 11.7. The van der Waals surface area contributed by atoms with Crippen molar-refractivity contribution in [3.05, 3.63) is 237 Å². The van der Waals surface area contributed by atoms with Gasteiger partial charge in [-0.15, -0.1) is 11.3 Å². The van der Waals surface area contributed by atoms with E-state index in [9.17, 15) is 0 Å². The van der Waals surface area contributed by atoms with Crippen LogP contribution >= 0.6 is 11.3 Å². The maximum atomic E-state index is 2.39. The minimum atomic E-state index is 1.10. The molecule has 0 saturated heterocycles. The lowest BCUT2D eigenvalue weighted by Gasteiger charge is -2.28. The normalized spacial score (nSPS) is 11.3. The van der Waals surface area contributed by atoms with Gasteiger partial charge < -0.3 is 4.90 Å². The molecule has 0 amide bonds. The van der Waals surface area contributed by atoms with Crippen LogP contribution in [-0.2, 0) is 0 Å². The van der Waals surface area contributed by atoms with Gasteiger partial charge in [0.2, 0.25) is 0 Å². The van der Waals surface area contributed by atoms with Crippen LogP contribution in [0.4, 0.5) is 17.1 Å². The summed E-state index contributed by atoms with van der Waals surface area (Å²) in [6.45, 7) is 0. The first-order valence-electron chi connectivity index (χ1n) is 20.5. The van der Waals surface area contributed by atoms with Crippen molar-refractivity contribution in [2.45, 2.75) is 0 Å². The Morgan fingerprint density at radius 3 is 1.53 bits per heavy atom. The van der Waals surface area contributed by atoms with Crippen molar-refractivity contribution in [1.82, 2.24) is 0 Å². The molecular formula is C58H39NS. The van der Waals surface area contributed by atoms with Gasteiger partial charge >= 0.3 is 0 Å². The summed E-state index contributed by atoms with van der Waals surface area (Å²) < 4.78 is 2.65. The molecule has 1 heterocycles. The highest BCUT2D eigenvalue weighted by molar-refractivity contribution is 7.26. The number of fused-ring (bicyclic) bond motifs is 4. The molecular weight excluding hydrogens is 743 g/mol. The van der Waals surface area contributed by atoms with Crippen molar-refractivity contribution in [1.29, 1.82) is 0 Å². The largest absolute Gasteiger partial charge is 0.310 e. The highest BCUT2D eigenvalue weighted by Crippen LogP contribution is 2.44. The van der Waals surface area contributed by atoms with E-state index in [1.165, 1.54) is 86.6 Å². The second-order valence-corrected chi connectivity index (χ2v) is 16.4. The number of para-hydroxylation sites is 1. The number of hydrogen-bond acceptors (Lipinski definition) is 2. The number of thiophene rings is 1. The van der Waals surface area contributed by atoms with Crippen LogP contribution < -0.4 is 4.90 Å². The van der Waals surface area contributed by atoms with Gasteiger partial charge in [-0.25, -0.2) is 0 Å². The summed E-state index contributed by atoms with van der Waals surface area (Å²) in [6, 6.07) is 86.0. The molecule has 0 saturated carbocycles. The van der Waals surface area contributed by atoms with E-state index in [-0.39, 0.29) is 0 Å². The predicted octanol–water partition coefficient (Wildman–Crippen LogP) is 17.0. The Balaban J connectivity index is 0.925. The molecule has 0 atom stereocenters. The first kappa shape index (κ1) is 35.6. The van der Waals surface area contributed by atoms with Gasteiger partial charge in [0.05, 0.1) is 5.69 Å². The van der Waals surface area contributed by atoms with E-state index in [4.69, 9.17) is 0 Å². The number of benzene rings is 10. The molecule has 282 valence electrons. The second kappa shape index (κ2) is 15.3. The Hall–Kier alpha value is -7.52. The number of nitrogens with zero attached hydrogens (tertiary/aromatic N) is 1. The summed E-state index contributed by atoms with van der Waals surface area (Å²) >= 11 is 1.88. The summed E-state index contributed by atoms with van der Waals surface area (Å²) in [5.41, 5.74) is 15.4. The zero-order valence-electron chi connectivity index (χ0n) is 32.9. The molecule has 60 heavy (non-hydrogen) atoms. The van der Waals surface area contributed by atoms with Gasteiger partial charge in [0.1, 0.15) is 0 Å². The van der Waals surface area contributed by atoms with Crippen LogP contribution in [0.25, 0.3) is 86.6 Å². The predicted molar refractivity (Wildman–Crippen MR) is 259 cm³/mol. The van der Waals surface area contributed by atoms with Crippen LogP contribution in [-0.4, -0.2) is 0 Å². The van der Waals surface area contributed by atoms with E-state index >= 15 is 0 Å². The quantitative estimate of drug-likeness (QED) is 0.148. The minimum absolute atomic E-state index is 1.10. The molecule has 2 heteroatoms. The highest BCUT2D eigenvalue weighted by Gasteiger charge is 2.18. The van der Waals surface area contributed by atoms with Crippen LogP contribution in [0.3, 0.4) is 0 Å². The molecule has 0 unspecified atom stereocenters. The van der Waals surface area contributed by atoms with Crippen LogP contribution in [0, 0.1) is 0 Å². The first-order valence-corrected chi connectivity index (χ1v) is 21.3. The van der Waals surface area contributed by atoms with E-state index < -0.39 is 0 Å². The van der Waals surface area contributed by atoms with Crippen molar-refractivity contribution in [3.63, 3.8) is 0 Å². The molecule has 0 bridgehead atoms. The molecule has 0 radical (unpaired) electrons. The molecule has 0 spiro atoms. The van der Waals surface area contributed by atoms with E-state index in [0.29, 0.717) is 0 Å². The van der Waals surface area contributed by atoms with Crippen molar-refractivity contribution in [2.24, 2.45) is 0 Å². The third kappa shape index (κ3) is 6.63. The minimum Gasteiger partial charge on any atom is -0.310 e. The summed E-state index contributed by atoms with van der Waals surface area (Å²) in [4.78, 5) is 2.39. The van der Waals surface area contributed by atoms with Crippen molar-refractivity contribution in [2.75, 3.05) is 4.90 Å². The molecule has 11 aromatic rings. The van der Waals surface area contributed by atoms with E-state index in [1.54, 1.807) is 0 Å². The summed E-state index contributed by atoms with van der Waals surface area (Å²) in [6.07, 6.45) is 0. The fourth-order valence-electron chi connectivity index (χ4n) is 8.63. The van der Waals surface area contributed by atoms with Gasteiger partial charge in [0.15, 0.2) is 0 Å². The fraction of sp³-hybridized carbons (Fsp3) is 0. The number of rotatable bonds is 8. The fourth-order valence-corrected chi connectivity index (χ4v) is 9.87. The molecule has 0 fully saturated rings. The molecule has 0 aliphatic rings. The SMILES string of the molecule is c1ccc(-c2ccccc2N(c2ccc(-c3ccc(-c4cccc(-c5ccc6ccccc6c5)c4)cc3)cc2)c2ccc(-c3cccc4c3sc3ccccc34)cc2)cc1. The standard InChI is InChI=1S/C58H39NS/c1-2-13-44(14-3-1)52-18-6-8-22-56(52)59(51-36-32-45(33-37-51)53-20-11-21-55-54-19-7-9-23-57(54)60-58(53)55)50-34-30-42(31-35-50)41-24-26-43(27-25-41)47-16-10-17-48(38-47)49-29-28-40-12-4-5-15-46(40)39-49/h1-39H. The zero-order valence-corrected chi connectivity index (χ0v) is 33.7. The van der Waals surface area contributed by atoms with E-state index in [2.05, 4.69) is 241 Å². The van der Waals surface area contributed by atoms with Gasteiger partial charge in [0.25, 0.3) is 0 Å². The molecule has 1 aromatic heterocycles. The van der Waals surface area contributed by atoms with Gasteiger partial charge in [-0.05, 0) is 109 Å². The summed E-state index contributed by atoms with van der Waals surface area (Å²) in [5.74, 6) is 0. The maximum Gasteiger partial charge on any atom is 0.0540 e. The van der Waals surface area contributed by atoms with Gasteiger partial charge in [-0.3, -0.25) is 0 Å². The average Bonchev–Trinajstić information content (AvgIpc) is 3.72. The molecule has 11 rings (SSSR count). The zero-order chi connectivity index (χ0) is 39.8. The molecule has 0 aliphatic carbocycles. The summed E-state index contributed by atoms with van der Waals surface area (Å²) in [7, 11) is 0. The number of anilines is 3. The molecule has 1 nitrogen and oxygen atoms in total. The van der Waals surface area contributed by atoms with Crippen LogP contribution in [0.15, 0.2) is 237 Å². The molecule has 10 aromatic carbocycles. The lowest BCUT2D eigenvalue weighted by Crippen LogP contribution is -2.11.